The molecule has 2 aromatic rings. The van der Waals surface area contributed by atoms with Crippen LogP contribution < -0.4 is 0 Å². The maximum atomic E-state index is 15.0. The molecule has 0 heterocycles. The molecule has 1 aliphatic rings. The van der Waals surface area contributed by atoms with Crippen LogP contribution in [0.4, 0.5) is 13.2 Å². The van der Waals surface area contributed by atoms with Crippen molar-refractivity contribution in [2.45, 2.75) is 71.1 Å². The van der Waals surface area contributed by atoms with E-state index in [1.807, 2.05) is 0 Å². The number of hydrogen-bond acceptors (Lipinski definition) is 0. The predicted octanol–water partition coefficient (Wildman–Crippen LogP) is 8.09. The van der Waals surface area contributed by atoms with Gasteiger partial charge < -0.3 is 0 Å². The van der Waals surface area contributed by atoms with Crippen molar-refractivity contribution in [1.82, 2.24) is 0 Å². The highest BCUT2D eigenvalue weighted by Gasteiger charge is 2.20. The molecule has 152 valence electrons. The first kappa shape index (κ1) is 16.1. The zero-order chi connectivity index (χ0) is 23.4. The summed E-state index contributed by atoms with van der Waals surface area (Å²) in [4.78, 5) is 0. The van der Waals surface area contributed by atoms with E-state index in [0.29, 0.717) is 17.9 Å². The maximum absolute atomic E-state index is 15.0. The molecule has 0 bridgehead atoms. The van der Waals surface area contributed by atoms with Crippen LogP contribution in [0.3, 0.4) is 0 Å². The van der Waals surface area contributed by atoms with Crippen LogP contribution in [0.15, 0.2) is 36.3 Å². The van der Waals surface area contributed by atoms with E-state index in [4.69, 9.17) is 5.48 Å². The molecule has 3 rings (SSSR count). The van der Waals surface area contributed by atoms with Gasteiger partial charge in [0.25, 0.3) is 0 Å². The second-order valence-corrected chi connectivity index (χ2v) is 8.01. The van der Waals surface area contributed by atoms with Crippen LogP contribution in [0, 0.1) is 29.3 Å². The molecule has 2 aromatic carbocycles. The van der Waals surface area contributed by atoms with Gasteiger partial charge in [-0.25, -0.2) is 13.2 Å². The third-order valence-corrected chi connectivity index (χ3v) is 5.96. The Kier molecular flexibility index (Phi) is 5.82. The van der Waals surface area contributed by atoms with Crippen molar-refractivity contribution >= 4 is 0 Å². The number of aryl methyl sites for hydroxylation is 1. The molecule has 1 aliphatic carbocycles. The monoisotopic (exact) mass is 392 g/mol. The molecular weight excluding hydrogens is 357 g/mol. The Morgan fingerprint density at radius 1 is 0.857 bits per heavy atom. The number of halogens is 3. The summed E-state index contributed by atoms with van der Waals surface area (Å²) in [5.74, 6) is -2.75. The maximum Gasteiger partial charge on any atom is 0.159 e. The smallest absolute Gasteiger partial charge is 0.159 e. The summed E-state index contributed by atoms with van der Waals surface area (Å²) in [7, 11) is 0. The SMILES string of the molecule is [2H]c1c(CCC2CCC(CCCCC)CC2)ccc(-c2c([2H])c([2H])c(F)c(F)c2[2H])c1F. The molecule has 0 radical (unpaired) electrons. The molecule has 1 saturated carbocycles. The minimum atomic E-state index is -1.59. The van der Waals surface area contributed by atoms with Gasteiger partial charge in [-0.05, 0) is 53.9 Å². The first-order valence-electron chi connectivity index (χ1n) is 12.5. The van der Waals surface area contributed by atoms with E-state index in [2.05, 4.69) is 6.92 Å². The molecule has 0 N–H and O–H groups in total. The second kappa shape index (κ2) is 10.1. The lowest BCUT2D eigenvalue weighted by atomic mass is 9.78. The summed E-state index contributed by atoms with van der Waals surface area (Å²) in [6.45, 7) is 2.22. The summed E-state index contributed by atoms with van der Waals surface area (Å²) in [6, 6.07) is -0.198. The van der Waals surface area contributed by atoms with E-state index < -0.39 is 41.1 Å². The van der Waals surface area contributed by atoms with E-state index in [-0.39, 0.29) is 11.6 Å². The lowest BCUT2D eigenvalue weighted by Crippen LogP contribution is -2.15. The fourth-order valence-electron chi connectivity index (χ4n) is 4.20. The van der Waals surface area contributed by atoms with Gasteiger partial charge in [0.2, 0.25) is 0 Å². The molecule has 0 aliphatic heterocycles. The summed E-state index contributed by atoms with van der Waals surface area (Å²) < 4.78 is 74.0. The lowest BCUT2D eigenvalue weighted by molar-refractivity contribution is 0.249. The molecule has 0 aromatic heterocycles. The van der Waals surface area contributed by atoms with Gasteiger partial charge in [0, 0.05) is 5.56 Å². The highest BCUT2D eigenvalue weighted by Crippen LogP contribution is 2.34. The van der Waals surface area contributed by atoms with Crippen molar-refractivity contribution in [3.05, 3.63) is 59.3 Å². The minimum Gasteiger partial charge on any atom is -0.206 e. The van der Waals surface area contributed by atoms with Crippen molar-refractivity contribution in [2.24, 2.45) is 11.8 Å². The van der Waals surface area contributed by atoms with Gasteiger partial charge in [-0.15, -0.1) is 0 Å². The van der Waals surface area contributed by atoms with Gasteiger partial charge in [0.1, 0.15) is 5.82 Å². The van der Waals surface area contributed by atoms with E-state index >= 15 is 4.39 Å². The Morgan fingerprint density at radius 2 is 1.57 bits per heavy atom. The molecule has 0 amide bonds. The Morgan fingerprint density at radius 3 is 2.29 bits per heavy atom. The fraction of sp³-hybridized carbons (Fsp3) is 0.520. The van der Waals surface area contributed by atoms with Crippen LogP contribution >= 0.6 is 0 Å². The van der Waals surface area contributed by atoms with E-state index in [0.717, 1.165) is 25.2 Å². The van der Waals surface area contributed by atoms with Gasteiger partial charge >= 0.3 is 0 Å². The molecular formula is C25H31F3. The van der Waals surface area contributed by atoms with Crippen LogP contribution in [0.5, 0.6) is 0 Å². The predicted molar refractivity (Wildman–Crippen MR) is 110 cm³/mol. The van der Waals surface area contributed by atoms with Crippen molar-refractivity contribution in [3.8, 4) is 11.1 Å². The van der Waals surface area contributed by atoms with Gasteiger partial charge in [0.15, 0.2) is 11.6 Å². The zero-order valence-electron chi connectivity index (χ0n) is 20.5. The first-order valence-corrected chi connectivity index (χ1v) is 10.5. The number of hydrogen-bond donors (Lipinski definition) is 0. The van der Waals surface area contributed by atoms with E-state index in [9.17, 15) is 8.78 Å². The Bertz CT molecular complexity index is 924. The molecule has 3 heteroatoms. The molecule has 28 heavy (non-hydrogen) atoms. The number of rotatable bonds is 8. The van der Waals surface area contributed by atoms with Crippen molar-refractivity contribution in [1.29, 1.82) is 0 Å². The van der Waals surface area contributed by atoms with E-state index in [1.54, 1.807) is 6.07 Å². The average molecular weight is 393 g/mol. The van der Waals surface area contributed by atoms with Crippen molar-refractivity contribution in [2.75, 3.05) is 0 Å². The third-order valence-electron chi connectivity index (χ3n) is 5.96. The highest BCUT2D eigenvalue weighted by molar-refractivity contribution is 5.64. The summed E-state index contributed by atoms with van der Waals surface area (Å²) in [6.07, 6.45) is 11.4. The van der Waals surface area contributed by atoms with Gasteiger partial charge in [0.05, 0.1) is 5.48 Å². The average Bonchev–Trinajstić information content (AvgIpc) is 2.79. The largest absolute Gasteiger partial charge is 0.206 e. The second-order valence-electron chi connectivity index (χ2n) is 8.01. The minimum absolute atomic E-state index is 0.311. The van der Waals surface area contributed by atoms with Crippen molar-refractivity contribution in [3.63, 3.8) is 0 Å². The zero-order valence-corrected chi connectivity index (χ0v) is 16.5. The molecule has 0 atom stereocenters. The Hall–Kier alpha value is -1.77. The topological polar surface area (TPSA) is 0 Å². The summed E-state index contributed by atoms with van der Waals surface area (Å²) in [5, 5.41) is 0. The third kappa shape index (κ3) is 5.62. The van der Waals surface area contributed by atoms with Crippen LogP contribution in [-0.2, 0) is 6.42 Å². The van der Waals surface area contributed by atoms with Crippen LogP contribution in [0.1, 0.15) is 75.8 Å². The number of benzene rings is 2. The highest BCUT2D eigenvalue weighted by atomic mass is 19.2. The van der Waals surface area contributed by atoms with Gasteiger partial charge in [-0.2, -0.15) is 0 Å². The molecule has 0 nitrogen and oxygen atoms in total. The van der Waals surface area contributed by atoms with Crippen LogP contribution in [-0.4, -0.2) is 0 Å². The molecule has 0 saturated heterocycles. The Balaban J connectivity index is 1.69. The summed E-state index contributed by atoms with van der Waals surface area (Å²) in [5.41, 5.74) is -0.273. The van der Waals surface area contributed by atoms with E-state index in [1.165, 1.54) is 44.6 Å². The first-order chi connectivity index (χ1) is 15.3. The fourth-order valence-corrected chi connectivity index (χ4v) is 4.20. The van der Waals surface area contributed by atoms with Crippen LogP contribution in [0.25, 0.3) is 11.1 Å². The molecule has 0 spiro atoms. The van der Waals surface area contributed by atoms with Crippen molar-refractivity contribution < 1.29 is 18.7 Å². The van der Waals surface area contributed by atoms with Gasteiger partial charge in [-0.1, -0.05) is 76.5 Å². The summed E-state index contributed by atoms with van der Waals surface area (Å²) >= 11 is 0. The normalized spacial score (nSPS) is 21.7. The number of unbranched alkanes of at least 4 members (excludes halogenated alkanes) is 2. The van der Waals surface area contributed by atoms with Crippen LogP contribution in [0.2, 0.25) is 0 Å². The standard InChI is InChI=1S/C25H31F3/c1-2-3-4-5-18-6-8-19(9-7-18)10-11-20-12-14-22(24(27)16-20)21-13-15-23(26)25(28)17-21/h12-19H,2-11H2,1H3/i13D,15D,16D,17D. The quantitative estimate of drug-likeness (QED) is 0.398. The van der Waals surface area contributed by atoms with Gasteiger partial charge in [-0.3, -0.25) is 0 Å². The Labute approximate surface area is 172 Å². The molecule has 0 unspecified atom stereocenters. The molecule has 1 fully saturated rings. The lowest BCUT2D eigenvalue weighted by Gasteiger charge is -2.28.